The zero-order valence-electron chi connectivity index (χ0n) is 18.7. The number of nitrogens with zero attached hydrogens (tertiary/aromatic N) is 3. The van der Waals surface area contributed by atoms with E-state index in [-0.39, 0.29) is 17.6 Å². The number of aryl methyl sites for hydroxylation is 1. The fourth-order valence-corrected chi connectivity index (χ4v) is 4.89. The van der Waals surface area contributed by atoms with Gasteiger partial charge in [0.15, 0.2) is 4.96 Å². The lowest BCUT2D eigenvalue weighted by atomic mass is 9.93. The zero-order valence-corrected chi connectivity index (χ0v) is 19.5. The summed E-state index contributed by atoms with van der Waals surface area (Å²) in [7, 11) is 0. The van der Waals surface area contributed by atoms with Crippen LogP contribution < -0.4 is 0 Å². The normalized spacial score (nSPS) is 12.1. The molecule has 0 aliphatic heterocycles. The van der Waals surface area contributed by atoms with Gasteiger partial charge >= 0.3 is 0 Å². The number of hydrogen-bond acceptors (Lipinski definition) is 5. The van der Waals surface area contributed by atoms with E-state index in [0.717, 1.165) is 27.5 Å². The number of thiazole rings is 1. The van der Waals surface area contributed by atoms with Gasteiger partial charge < -0.3 is 4.52 Å². The highest BCUT2D eigenvalue weighted by Gasteiger charge is 2.20. The lowest BCUT2D eigenvalue weighted by Gasteiger charge is -2.12. The summed E-state index contributed by atoms with van der Waals surface area (Å²) in [5.41, 5.74) is 5.98. The molecule has 0 atom stereocenters. The summed E-state index contributed by atoms with van der Waals surface area (Å²) in [5.74, 6) is 0.920. The van der Waals surface area contributed by atoms with Crippen LogP contribution in [0.25, 0.3) is 26.4 Å². The largest absolute Gasteiger partial charge is 0.361 e. The smallest absolute Gasteiger partial charge is 0.195 e. The SMILES string of the molecule is Cc1ccc2c(c1)sc1nc(-c3ccc(CC(=O)Cc4cc(C(C)(C)C)on4)cc3)cn12. The summed E-state index contributed by atoms with van der Waals surface area (Å²) in [5, 5.41) is 4.05. The van der Waals surface area contributed by atoms with E-state index in [9.17, 15) is 4.79 Å². The monoisotopic (exact) mass is 443 g/mol. The van der Waals surface area contributed by atoms with Gasteiger partial charge in [-0.05, 0) is 30.2 Å². The van der Waals surface area contributed by atoms with Crippen LogP contribution in [0.1, 0.15) is 43.4 Å². The van der Waals surface area contributed by atoms with Gasteiger partial charge in [0.05, 0.1) is 28.0 Å². The van der Waals surface area contributed by atoms with Crippen LogP contribution in [0.3, 0.4) is 0 Å². The van der Waals surface area contributed by atoms with E-state index in [1.165, 1.54) is 15.8 Å². The number of imidazole rings is 1. The van der Waals surface area contributed by atoms with E-state index in [2.05, 4.69) is 61.6 Å². The Hall–Kier alpha value is -3.25. The predicted molar refractivity (Wildman–Crippen MR) is 128 cm³/mol. The molecule has 5 aromatic rings. The van der Waals surface area contributed by atoms with Gasteiger partial charge in [0.2, 0.25) is 0 Å². The first-order valence-corrected chi connectivity index (χ1v) is 11.5. The summed E-state index contributed by atoms with van der Waals surface area (Å²) in [6.07, 6.45) is 2.74. The average Bonchev–Trinajstić information content (AvgIpc) is 3.42. The molecule has 162 valence electrons. The standard InChI is InChI=1S/C26H25N3O2S/c1-16-5-10-22-23(11-16)32-25-27-21(15-29(22)25)18-8-6-17(7-9-18)12-20(30)13-19-14-24(31-28-19)26(2,3)4/h5-11,14-15H,12-13H2,1-4H3. The molecular weight excluding hydrogens is 418 g/mol. The van der Waals surface area contributed by atoms with Crippen molar-refractivity contribution in [2.45, 2.75) is 46.0 Å². The molecule has 0 aliphatic carbocycles. The topological polar surface area (TPSA) is 60.4 Å². The lowest BCUT2D eigenvalue weighted by molar-refractivity contribution is -0.117. The Morgan fingerprint density at radius 3 is 2.56 bits per heavy atom. The third-order valence-electron chi connectivity index (χ3n) is 5.58. The fourth-order valence-electron chi connectivity index (χ4n) is 3.78. The molecular formula is C26H25N3O2S. The molecule has 0 radical (unpaired) electrons. The van der Waals surface area contributed by atoms with Crippen LogP contribution in [0.4, 0.5) is 0 Å². The van der Waals surface area contributed by atoms with Crippen LogP contribution in [-0.2, 0) is 23.1 Å². The number of carbonyl (C=O) groups excluding carboxylic acids is 1. The molecule has 0 saturated carbocycles. The highest BCUT2D eigenvalue weighted by Crippen LogP contribution is 2.30. The number of fused-ring (bicyclic) bond motifs is 3. The second-order valence-corrected chi connectivity index (χ2v) is 10.4. The number of Topliss-reactive ketones (excluding diaryl/α,β-unsaturated/α-hetero) is 1. The minimum absolute atomic E-state index is 0.114. The van der Waals surface area contributed by atoms with E-state index < -0.39 is 0 Å². The highest BCUT2D eigenvalue weighted by atomic mass is 32.1. The van der Waals surface area contributed by atoms with Gasteiger partial charge in [-0.25, -0.2) is 4.98 Å². The fraction of sp³-hybridized carbons (Fsp3) is 0.269. The van der Waals surface area contributed by atoms with Crippen molar-refractivity contribution in [2.75, 3.05) is 0 Å². The minimum Gasteiger partial charge on any atom is -0.361 e. The van der Waals surface area contributed by atoms with Gasteiger partial charge in [-0.1, -0.05) is 67.6 Å². The van der Waals surface area contributed by atoms with E-state index in [1.807, 2.05) is 30.3 Å². The second-order valence-electron chi connectivity index (χ2n) is 9.37. The Labute approximate surface area is 190 Å². The van der Waals surface area contributed by atoms with Crippen molar-refractivity contribution in [3.05, 3.63) is 77.3 Å². The molecule has 0 N–H and O–H groups in total. The summed E-state index contributed by atoms with van der Waals surface area (Å²) >= 11 is 1.70. The van der Waals surface area contributed by atoms with Gasteiger partial charge in [-0.2, -0.15) is 0 Å². The van der Waals surface area contributed by atoms with E-state index in [0.29, 0.717) is 12.1 Å². The molecule has 2 aromatic carbocycles. The third-order valence-corrected chi connectivity index (χ3v) is 6.59. The lowest BCUT2D eigenvalue weighted by Crippen LogP contribution is -2.09. The van der Waals surface area contributed by atoms with Crippen molar-refractivity contribution in [2.24, 2.45) is 0 Å². The van der Waals surface area contributed by atoms with E-state index >= 15 is 0 Å². The quantitative estimate of drug-likeness (QED) is 0.326. The maximum Gasteiger partial charge on any atom is 0.195 e. The number of ketones is 1. The molecule has 0 bridgehead atoms. The zero-order chi connectivity index (χ0) is 22.5. The van der Waals surface area contributed by atoms with Crippen LogP contribution in [0.15, 0.2) is 59.3 Å². The number of hydrogen-bond donors (Lipinski definition) is 0. The third kappa shape index (κ3) is 3.98. The van der Waals surface area contributed by atoms with Crippen LogP contribution >= 0.6 is 11.3 Å². The Bertz CT molecular complexity index is 1430. The summed E-state index contributed by atoms with van der Waals surface area (Å²) in [4.78, 5) is 18.3. The van der Waals surface area contributed by atoms with Crippen molar-refractivity contribution in [3.8, 4) is 11.3 Å². The first kappa shape index (κ1) is 20.6. The summed E-state index contributed by atoms with van der Waals surface area (Å²) in [6, 6.07) is 16.4. The molecule has 3 heterocycles. The molecule has 0 fully saturated rings. The first-order valence-electron chi connectivity index (χ1n) is 10.7. The predicted octanol–water partition coefficient (Wildman–Crippen LogP) is 6.16. The number of benzene rings is 2. The number of rotatable bonds is 5. The molecule has 5 nitrogen and oxygen atoms in total. The van der Waals surface area contributed by atoms with Gasteiger partial charge in [0.25, 0.3) is 0 Å². The van der Waals surface area contributed by atoms with Crippen molar-refractivity contribution in [1.82, 2.24) is 14.5 Å². The molecule has 6 heteroatoms. The van der Waals surface area contributed by atoms with Crippen LogP contribution in [0, 0.1) is 6.92 Å². The molecule has 0 amide bonds. The van der Waals surface area contributed by atoms with Crippen molar-refractivity contribution in [3.63, 3.8) is 0 Å². The Kier molecular flexibility index (Phi) is 4.97. The highest BCUT2D eigenvalue weighted by molar-refractivity contribution is 7.23. The molecule has 0 saturated heterocycles. The molecule has 0 unspecified atom stereocenters. The van der Waals surface area contributed by atoms with Crippen LogP contribution in [0.2, 0.25) is 0 Å². The van der Waals surface area contributed by atoms with E-state index in [1.54, 1.807) is 11.3 Å². The molecule has 3 aromatic heterocycles. The average molecular weight is 444 g/mol. The Balaban J connectivity index is 1.29. The maximum atomic E-state index is 12.5. The number of aromatic nitrogens is 3. The van der Waals surface area contributed by atoms with Gasteiger partial charge in [-0.15, -0.1) is 0 Å². The number of carbonyl (C=O) groups is 1. The molecule has 5 rings (SSSR count). The first-order chi connectivity index (χ1) is 15.3. The Morgan fingerprint density at radius 1 is 1.06 bits per heavy atom. The summed E-state index contributed by atoms with van der Waals surface area (Å²) in [6.45, 7) is 8.30. The van der Waals surface area contributed by atoms with Gasteiger partial charge in [0.1, 0.15) is 11.5 Å². The maximum absolute atomic E-state index is 12.5. The van der Waals surface area contributed by atoms with Crippen molar-refractivity contribution >= 4 is 32.3 Å². The Morgan fingerprint density at radius 2 is 1.84 bits per heavy atom. The van der Waals surface area contributed by atoms with Crippen LogP contribution in [0.5, 0.6) is 0 Å². The minimum atomic E-state index is -0.114. The molecule has 0 aliphatic rings. The van der Waals surface area contributed by atoms with E-state index in [4.69, 9.17) is 9.51 Å². The van der Waals surface area contributed by atoms with Gasteiger partial charge in [-0.3, -0.25) is 9.20 Å². The van der Waals surface area contributed by atoms with Crippen molar-refractivity contribution in [1.29, 1.82) is 0 Å². The molecule has 32 heavy (non-hydrogen) atoms. The second kappa shape index (κ2) is 7.71. The van der Waals surface area contributed by atoms with Crippen molar-refractivity contribution < 1.29 is 9.32 Å². The molecule has 0 spiro atoms. The van der Waals surface area contributed by atoms with Crippen LogP contribution in [-0.4, -0.2) is 20.3 Å². The van der Waals surface area contributed by atoms with Gasteiger partial charge in [0, 0.05) is 29.7 Å². The summed E-state index contributed by atoms with van der Waals surface area (Å²) < 4.78 is 8.78.